The number of carboxylic acids is 1. The molecule has 1 saturated carbocycles. The average Bonchev–Trinajstić information content (AvgIpc) is 3.12. The molecule has 1 N–H and O–H groups in total. The number of likely N-dealkylation sites (N-methyl/N-ethyl adjacent to an activating group) is 1. The third-order valence-corrected chi connectivity index (χ3v) is 3.02. The van der Waals surface area contributed by atoms with E-state index in [2.05, 4.69) is 0 Å². The number of aromatic carboxylic acids is 1. The van der Waals surface area contributed by atoms with Crippen LogP contribution < -0.4 is 0 Å². The maximum Gasteiger partial charge on any atom is 0.335 e. The number of carbonyl (C=O) groups is 2. The zero-order valence-electron chi connectivity index (χ0n) is 9.72. The third kappa shape index (κ3) is 2.84. The summed E-state index contributed by atoms with van der Waals surface area (Å²) < 4.78 is 0. The van der Waals surface area contributed by atoms with Crippen molar-refractivity contribution in [1.82, 2.24) is 4.90 Å². The van der Waals surface area contributed by atoms with Gasteiger partial charge in [-0.15, -0.1) is 0 Å². The lowest BCUT2D eigenvalue weighted by molar-refractivity contribution is -0.129. The molecule has 0 bridgehead atoms. The molecule has 0 unspecified atom stereocenters. The monoisotopic (exact) mass is 233 g/mol. The van der Waals surface area contributed by atoms with Crippen LogP contribution in [0.2, 0.25) is 0 Å². The fourth-order valence-corrected chi connectivity index (χ4v) is 1.78. The van der Waals surface area contributed by atoms with E-state index in [1.807, 2.05) is 0 Å². The highest BCUT2D eigenvalue weighted by Crippen LogP contribution is 2.25. The molecule has 1 aromatic carbocycles. The van der Waals surface area contributed by atoms with E-state index in [1.165, 1.54) is 6.07 Å². The lowest BCUT2D eigenvalue weighted by Crippen LogP contribution is -2.30. The van der Waals surface area contributed by atoms with Crippen LogP contribution in [0.4, 0.5) is 0 Å². The SMILES string of the molecule is CN(C(=O)Cc1cccc(C(=O)O)c1)C1CC1. The van der Waals surface area contributed by atoms with E-state index in [0.717, 1.165) is 18.4 Å². The molecule has 1 amide bonds. The molecule has 0 saturated heterocycles. The predicted molar refractivity (Wildman–Crippen MR) is 62.9 cm³/mol. The van der Waals surface area contributed by atoms with E-state index in [1.54, 1.807) is 30.1 Å². The molecule has 0 aromatic heterocycles. The molecule has 90 valence electrons. The number of hydrogen-bond acceptors (Lipinski definition) is 2. The first-order valence-electron chi connectivity index (χ1n) is 5.66. The van der Waals surface area contributed by atoms with Crippen LogP contribution in [0.25, 0.3) is 0 Å². The van der Waals surface area contributed by atoms with Crippen molar-refractivity contribution >= 4 is 11.9 Å². The van der Waals surface area contributed by atoms with Crippen LogP contribution in [-0.2, 0) is 11.2 Å². The second kappa shape index (κ2) is 4.57. The van der Waals surface area contributed by atoms with Crippen molar-refractivity contribution in [1.29, 1.82) is 0 Å². The predicted octanol–water partition coefficient (Wildman–Crippen LogP) is 1.55. The normalized spacial score (nSPS) is 14.4. The van der Waals surface area contributed by atoms with E-state index in [-0.39, 0.29) is 17.9 Å². The number of amides is 1. The summed E-state index contributed by atoms with van der Waals surface area (Å²) in [5.74, 6) is -0.912. The number of nitrogens with zero attached hydrogens (tertiary/aromatic N) is 1. The van der Waals surface area contributed by atoms with E-state index >= 15 is 0 Å². The number of hydrogen-bond donors (Lipinski definition) is 1. The van der Waals surface area contributed by atoms with E-state index in [0.29, 0.717) is 6.04 Å². The smallest absolute Gasteiger partial charge is 0.335 e. The van der Waals surface area contributed by atoms with Crippen molar-refractivity contribution in [3.8, 4) is 0 Å². The molecule has 0 heterocycles. The fourth-order valence-electron chi connectivity index (χ4n) is 1.78. The molecule has 0 spiro atoms. The first-order chi connectivity index (χ1) is 8.08. The van der Waals surface area contributed by atoms with Crippen LogP contribution in [0.1, 0.15) is 28.8 Å². The molecule has 0 aliphatic heterocycles. The molecule has 1 fully saturated rings. The molecule has 17 heavy (non-hydrogen) atoms. The molecule has 0 radical (unpaired) electrons. The van der Waals surface area contributed by atoms with Crippen molar-refractivity contribution in [3.05, 3.63) is 35.4 Å². The number of carboxylic acid groups (broad SMARTS) is 1. The Morgan fingerprint density at radius 2 is 2.12 bits per heavy atom. The fraction of sp³-hybridized carbons (Fsp3) is 0.385. The molecule has 2 rings (SSSR count). The van der Waals surface area contributed by atoms with Gasteiger partial charge in [-0.2, -0.15) is 0 Å². The van der Waals surface area contributed by atoms with Crippen LogP contribution in [-0.4, -0.2) is 35.0 Å². The Kier molecular flexibility index (Phi) is 3.13. The summed E-state index contributed by atoms with van der Waals surface area (Å²) in [4.78, 5) is 24.4. The van der Waals surface area contributed by atoms with Gasteiger partial charge in [0, 0.05) is 13.1 Å². The van der Waals surface area contributed by atoms with Crippen molar-refractivity contribution in [2.45, 2.75) is 25.3 Å². The van der Waals surface area contributed by atoms with Gasteiger partial charge in [0.15, 0.2) is 0 Å². The summed E-state index contributed by atoms with van der Waals surface area (Å²) in [5, 5.41) is 8.86. The minimum absolute atomic E-state index is 0.0510. The van der Waals surface area contributed by atoms with Crippen LogP contribution in [0.15, 0.2) is 24.3 Å². The summed E-state index contributed by atoms with van der Waals surface area (Å²) in [7, 11) is 1.81. The van der Waals surface area contributed by atoms with E-state index in [9.17, 15) is 9.59 Å². The first kappa shape index (κ1) is 11.6. The zero-order valence-corrected chi connectivity index (χ0v) is 9.72. The standard InChI is InChI=1S/C13H15NO3/c1-14(11-5-6-11)12(15)8-9-3-2-4-10(7-9)13(16)17/h2-4,7,11H,5-6,8H2,1H3,(H,16,17). The van der Waals surface area contributed by atoms with Gasteiger partial charge in [0.2, 0.25) is 5.91 Å². The van der Waals surface area contributed by atoms with Crippen molar-refractivity contribution in [2.24, 2.45) is 0 Å². The average molecular weight is 233 g/mol. The Bertz CT molecular complexity index is 452. The van der Waals surface area contributed by atoms with Crippen LogP contribution >= 0.6 is 0 Å². The van der Waals surface area contributed by atoms with Gasteiger partial charge >= 0.3 is 5.97 Å². The van der Waals surface area contributed by atoms with Gasteiger partial charge in [-0.05, 0) is 30.5 Å². The summed E-state index contributed by atoms with van der Waals surface area (Å²) in [6.45, 7) is 0. The molecule has 1 aliphatic rings. The lowest BCUT2D eigenvalue weighted by atomic mass is 10.1. The Balaban J connectivity index is 2.04. The van der Waals surface area contributed by atoms with Gasteiger partial charge in [-0.25, -0.2) is 4.79 Å². The highest BCUT2D eigenvalue weighted by molar-refractivity contribution is 5.88. The van der Waals surface area contributed by atoms with Crippen LogP contribution in [0.5, 0.6) is 0 Å². The first-order valence-corrected chi connectivity index (χ1v) is 5.66. The highest BCUT2D eigenvalue weighted by atomic mass is 16.4. The van der Waals surface area contributed by atoms with E-state index < -0.39 is 5.97 Å². The molecular weight excluding hydrogens is 218 g/mol. The second-order valence-corrected chi connectivity index (χ2v) is 4.42. The minimum Gasteiger partial charge on any atom is -0.478 e. The van der Waals surface area contributed by atoms with Crippen molar-refractivity contribution in [2.75, 3.05) is 7.05 Å². The Morgan fingerprint density at radius 1 is 1.41 bits per heavy atom. The maximum atomic E-state index is 11.9. The number of carbonyl (C=O) groups excluding carboxylic acids is 1. The molecule has 0 atom stereocenters. The molecule has 1 aliphatic carbocycles. The Hall–Kier alpha value is -1.84. The summed E-state index contributed by atoms with van der Waals surface area (Å²) >= 11 is 0. The third-order valence-electron chi connectivity index (χ3n) is 3.02. The second-order valence-electron chi connectivity index (χ2n) is 4.42. The van der Waals surface area contributed by atoms with Gasteiger partial charge in [-0.3, -0.25) is 4.79 Å². The van der Waals surface area contributed by atoms with E-state index in [4.69, 9.17) is 5.11 Å². The summed E-state index contributed by atoms with van der Waals surface area (Å²) in [6.07, 6.45) is 2.43. The van der Waals surface area contributed by atoms with Gasteiger partial charge in [0.1, 0.15) is 0 Å². The van der Waals surface area contributed by atoms with Crippen molar-refractivity contribution < 1.29 is 14.7 Å². The lowest BCUT2D eigenvalue weighted by Gasteiger charge is -2.16. The summed E-state index contributed by atoms with van der Waals surface area (Å²) in [6, 6.07) is 6.93. The largest absolute Gasteiger partial charge is 0.478 e. The van der Waals surface area contributed by atoms with Crippen molar-refractivity contribution in [3.63, 3.8) is 0 Å². The number of rotatable bonds is 4. The van der Waals surface area contributed by atoms with Crippen LogP contribution in [0, 0.1) is 0 Å². The van der Waals surface area contributed by atoms with Gasteiger partial charge in [0.25, 0.3) is 0 Å². The van der Waals surface area contributed by atoms with Crippen LogP contribution in [0.3, 0.4) is 0 Å². The van der Waals surface area contributed by atoms with Gasteiger partial charge in [0.05, 0.1) is 12.0 Å². The topological polar surface area (TPSA) is 57.6 Å². The molecule has 4 heteroatoms. The van der Waals surface area contributed by atoms with Gasteiger partial charge in [-0.1, -0.05) is 12.1 Å². The minimum atomic E-state index is -0.963. The molecule has 1 aromatic rings. The quantitative estimate of drug-likeness (QED) is 0.858. The Morgan fingerprint density at radius 3 is 2.71 bits per heavy atom. The Labute approximate surface area is 99.9 Å². The zero-order chi connectivity index (χ0) is 12.4. The van der Waals surface area contributed by atoms with Gasteiger partial charge < -0.3 is 10.0 Å². The number of benzene rings is 1. The highest BCUT2D eigenvalue weighted by Gasteiger charge is 2.29. The molecular formula is C13H15NO3. The maximum absolute atomic E-state index is 11.9. The summed E-state index contributed by atoms with van der Waals surface area (Å²) in [5.41, 5.74) is 0.978. The molecule has 4 nitrogen and oxygen atoms in total.